The van der Waals surface area contributed by atoms with Crippen molar-refractivity contribution in [2.75, 3.05) is 6.54 Å². The molecular formula is C16H26N2O2. The smallest absolute Gasteiger partial charge is 0.242 e. The lowest BCUT2D eigenvalue weighted by Gasteiger charge is -2.23. The van der Waals surface area contributed by atoms with Crippen LogP contribution in [0.1, 0.15) is 57.8 Å². The van der Waals surface area contributed by atoms with Crippen molar-refractivity contribution in [1.29, 1.82) is 0 Å². The lowest BCUT2D eigenvalue weighted by Crippen LogP contribution is -2.49. The molecule has 2 N–H and O–H groups in total. The Labute approximate surface area is 121 Å². The van der Waals surface area contributed by atoms with Gasteiger partial charge in [0.2, 0.25) is 11.8 Å². The number of hydrogen-bond acceptors (Lipinski definition) is 2. The first-order valence-corrected chi connectivity index (χ1v) is 8.31. The van der Waals surface area contributed by atoms with E-state index in [0.717, 1.165) is 31.2 Å². The summed E-state index contributed by atoms with van der Waals surface area (Å²) in [5.74, 6) is 2.51. The summed E-state index contributed by atoms with van der Waals surface area (Å²) in [6.45, 7) is 0.812. The Morgan fingerprint density at radius 1 is 1.15 bits per heavy atom. The predicted molar refractivity (Wildman–Crippen MR) is 77.0 cm³/mol. The summed E-state index contributed by atoms with van der Waals surface area (Å²) in [6.07, 6.45) is 10.5. The molecule has 0 aromatic heterocycles. The average molecular weight is 278 g/mol. The van der Waals surface area contributed by atoms with Crippen LogP contribution in [0.4, 0.5) is 0 Å². The van der Waals surface area contributed by atoms with Crippen LogP contribution in [-0.4, -0.2) is 24.4 Å². The average Bonchev–Trinajstić information content (AvgIpc) is 3.25. The molecule has 112 valence electrons. The first kappa shape index (κ1) is 13.9. The Kier molecular flexibility index (Phi) is 4.27. The predicted octanol–water partition coefficient (Wildman–Crippen LogP) is 1.99. The van der Waals surface area contributed by atoms with E-state index in [-0.39, 0.29) is 17.9 Å². The minimum atomic E-state index is -0.289. The zero-order chi connectivity index (χ0) is 13.9. The van der Waals surface area contributed by atoms with Gasteiger partial charge < -0.3 is 10.6 Å². The largest absolute Gasteiger partial charge is 0.354 e. The molecule has 4 nitrogen and oxygen atoms in total. The van der Waals surface area contributed by atoms with E-state index in [1.54, 1.807) is 0 Å². The van der Waals surface area contributed by atoms with Crippen LogP contribution in [0.3, 0.4) is 0 Å². The molecule has 4 heteroatoms. The molecule has 0 aromatic carbocycles. The maximum atomic E-state index is 12.0. The molecule has 3 atom stereocenters. The summed E-state index contributed by atoms with van der Waals surface area (Å²) in [6, 6.07) is -0.289. The Morgan fingerprint density at radius 3 is 2.70 bits per heavy atom. The molecule has 0 aromatic rings. The van der Waals surface area contributed by atoms with Gasteiger partial charge in [-0.25, -0.2) is 0 Å². The van der Waals surface area contributed by atoms with Gasteiger partial charge in [-0.3, -0.25) is 9.59 Å². The first-order valence-electron chi connectivity index (χ1n) is 8.31. The maximum absolute atomic E-state index is 12.0. The fourth-order valence-electron chi connectivity index (χ4n) is 4.00. The first-order chi connectivity index (χ1) is 9.74. The van der Waals surface area contributed by atoms with E-state index in [2.05, 4.69) is 10.6 Å². The van der Waals surface area contributed by atoms with Gasteiger partial charge in [-0.1, -0.05) is 32.1 Å². The molecular weight excluding hydrogens is 252 g/mol. The number of rotatable bonds is 4. The number of amides is 2. The third kappa shape index (κ3) is 3.33. The molecule has 3 aliphatic rings. The van der Waals surface area contributed by atoms with Gasteiger partial charge in [0.15, 0.2) is 0 Å². The third-order valence-corrected chi connectivity index (χ3v) is 5.32. The van der Waals surface area contributed by atoms with Crippen molar-refractivity contribution < 1.29 is 9.59 Å². The molecule has 3 fully saturated rings. The van der Waals surface area contributed by atoms with Crippen molar-refractivity contribution in [3.05, 3.63) is 0 Å². The molecule has 20 heavy (non-hydrogen) atoms. The van der Waals surface area contributed by atoms with E-state index in [0.29, 0.717) is 12.3 Å². The van der Waals surface area contributed by atoms with Gasteiger partial charge in [0.05, 0.1) is 0 Å². The summed E-state index contributed by atoms with van der Waals surface area (Å²) in [5.41, 5.74) is 0. The van der Waals surface area contributed by atoms with Gasteiger partial charge in [-0.05, 0) is 37.0 Å². The highest BCUT2D eigenvalue weighted by Gasteiger charge is 2.42. The van der Waals surface area contributed by atoms with E-state index >= 15 is 0 Å². The van der Waals surface area contributed by atoms with E-state index in [1.165, 1.54) is 38.5 Å². The van der Waals surface area contributed by atoms with Crippen molar-refractivity contribution in [3.8, 4) is 0 Å². The van der Waals surface area contributed by atoms with Gasteiger partial charge >= 0.3 is 0 Å². The molecule has 0 spiro atoms. The summed E-state index contributed by atoms with van der Waals surface area (Å²) in [7, 11) is 0. The minimum Gasteiger partial charge on any atom is -0.354 e. The van der Waals surface area contributed by atoms with Crippen LogP contribution in [0.5, 0.6) is 0 Å². The zero-order valence-corrected chi connectivity index (χ0v) is 12.2. The highest BCUT2D eigenvalue weighted by Crippen LogP contribution is 2.48. The standard InChI is InChI=1S/C16H26N2O2/c19-15-8-4-7-14(18-15)16(20)17-10-12-9-13(12)11-5-2-1-3-6-11/h11-14H,1-10H2,(H,17,20)(H,18,19)/t12-,13-,14?/m0/s1. The van der Waals surface area contributed by atoms with E-state index in [4.69, 9.17) is 0 Å². The molecule has 1 saturated heterocycles. The van der Waals surface area contributed by atoms with E-state index < -0.39 is 0 Å². The SMILES string of the molecule is O=C1CCCC(C(=O)NC[C@@H]2C[C@H]2C2CCCCC2)N1. The van der Waals surface area contributed by atoms with Crippen molar-refractivity contribution in [2.45, 2.75) is 63.8 Å². The van der Waals surface area contributed by atoms with Crippen LogP contribution in [-0.2, 0) is 9.59 Å². The Morgan fingerprint density at radius 2 is 1.95 bits per heavy atom. The summed E-state index contributed by atoms with van der Waals surface area (Å²) in [4.78, 5) is 23.3. The monoisotopic (exact) mass is 278 g/mol. The van der Waals surface area contributed by atoms with Crippen LogP contribution < -0.4 is 10.6 Å². The number of piperidine rings is 1. The van der Waals surface area contributed by atoms with Crippen LogP contribution in [0.25, 0.3) is 0 Å². The zero-order valence-electron chi connectivity index (χ0n) is 12.2. The van der Waals surface area contributed by atoms with Crippen LogP contribution in [0.15, 0.2) is 0 Å². The second-order valence-corrected chi connectivity index (χ2v) is 6.82. The fourth-order valence-corrected chi connectivity index (χ4v) is 4.00. The molecule has 3 rings (SSSR count). The Hall–Kier alpha value is -1.06. The summed E-state index contributed by atoms with van der Waals surface area (Å²) < 4.78 is 0. The summed E-state index contributed by atoms with van der Waals surface area (Å²) in [5, 5.41) is 5.83. The molecule has 1 aliphatic heterocycles. The number of carbonyl (C=O) groups excluding carboxylic acids is 2. The van der Waals surface area contributed by atoms with Crippen molar-refractivity contribution >= 4 is 11.8 Å². The van der Waals surface area contributed by atoms with Crippen LogP contribution in [0, 0.1) is 17.8 Å². The third-order valence-electron chi connectivity index (χ3n) is 5.32. The van der Waals surface area contributed by atoms with Crippen molar-refractivity contribution in [2.24, 2.45) is 17.8 Å². The maximum Gasteiger partial charge on any atom is 0.242 e. The second kappa shape index (κ2) is 6.15. The highest BCUT2D eigenvalue weighted by molar-refractivity contribution is 5.88. The number of carbonyl (C=O) groups is 2. The Balaban J connectivity index is 1.37. The fraction of sp³-hybridized carbons (Fsp3) is 0.875. The quantitative estimate of drug-likeness (QED) is 0.826. The van der Waals surface area contributed by atoms with Gasteiger partial charge in [-0.15, -0.1) is 0 Å². The van der Waals surface area contributed by atoms with Crippen molar-refractivity contribution in [3.63, 3.8) is 0 Å². The summed E-state index contributed by atoms with van der Waals surface area (Å²) >= 11 is 0. The molecule has 0 radical (unpaired) electrons. The minimum absolute atomic E-state index is 0.0166. The van der Waals surface area contributed by atoms with Crippen LogP contribution >= 0.6 is 0 Å². The second-order valence-electron chi connectivity index (χ2n) is 6.82. The lowest BCUT2D eigenvalue weighted by atomic mass is 9.85. The molecule has 1 unspecified atom stereocenters. The van der Waals surface area contributed by atoms with Gasteiger partial charge in [0.25, 0.3) is 0 Å². The molecule has 2 amide bonds. The van der Waals surface area contributed by atoms with Crippen LogP contribution in [0.2, 0.25) is 0 Å². The molecule has 2 aliphatic carbocycles. The van der Waals surface area contributed by atoms with E-state index in [1.807, 2.05) is 0 Å². The van der Waals surface area contributed by atoms with Gasteiger partial charge in [0, 0.05) is 13.0 Å². The molecule has 0 bridgehead atoms. The highest BCUT2D eigenvalue weighted by atomic mass is 16.2. The number of nitrogens with one attached hydrogen (secondary N) is 2. The Bertz CT molecular complexity index is 377. The van der Waals surface area contributed by atoms with Gasteiger partial charge in [-0.2, -0.15) is 0 Å². The normalized spacial score (nSPS) is 34.4. The van der Waals surface area contributed by atoms with Crippen molar-refractivity contribution in [1.82, 2.24) is 10.6 Å². The van der Waals surface area contributed by atoms with E-state index in [9.17, 15) is 9.59 Å². The number of hydrogen-bond donors (Lipinski definition) is 2. The molecule has 2 saturated carbocycles. The molecule has 1 heterocycles. The topological polar surface area (TPSA) is 58.2 Å². The van der Waals surface area contributed by atoms with Gasteiger partial charge in [0.1, 0.15) is 6.04 Å². The lowest BCUT2D eigenvalue weighted by molar-refractivity contribution is -0.131.